The van der Waals surface area contributed by atoms with Crippen molar-refractivity contribution in [2.75, 3.05) is 0 Å². The van der Waals surface area contributed by atoms with Gasteiger partial charge < -0.3 is 10.4 Å². The van der Waals surface area contributed by atoms with E-state index in [4.69, 9.17) is 5.11 Å². The third kappa shape index (κ3) is 3.56. The Bertz CT molecular complexity index is 373. The molecule has 0 aliphatic heterocycles. The van der Waals surface area contributed by atoms with E-state index in [1.165, 1.54) is 5.56 Å². The molecule has 1 aliphatic carbocycles. The van der Waals surface area contributed by atoms with Gasteiger partial charge in [0, 0.05) is 6.04 Å². The average molecular weight is 233 g/mol. The van der Waals surface area contributed by atoms with E-state index in [9.17, 15) is 4.79 Å². The van der Waals surface area contributed by atoms with Gasteiger partial charge in [0.1, 0.15) is 6.04 Å². The van der Waals surface area contributed by atoms with Gasteiger partial charge in [-0.05, 0) is 37.7 Å². The Kier molecular flexibility index (Phi) is 3.79. The predicted octanol–water partition coefficient (Wildman–Crippen LogP) is 2.07. The van der Waals surface area contributed by atoms with Crippen molar-refractivity contribution in [3.05, 3.63) is 35.9 Å². The molecule has 1 saturated carbocycles. The molecular formula is C14H19NO2. The Morgan fingerprint density at radius 3 is 2.59 bits per heavy atom. The summed E-state index contributed by atoms with van der Waals surface area (Å²) in [4.78, 5) is 11.1. The summed E-state index contributed by atoms with van der Waals surface area (Å²) < 4.78 is 0. The lowest BCUT2D eigenvalue weighted by Gasteiger charge is -2.19. The predicted molar refractivity (Wildman–Crippen MR) is 66.9 cm³/mol. The highest BCUT2D eigenvalue weighted by molar-refractivity contribution is 5.74. The summed E-state index contributed by atoms with van der Waals surface area (Å²) in [6, 6.07) is 9.99. The smallest absolute Gasteiger partial charge is 0.320 e. The van der Waals surface area contributed by atoms with Gasteiger partial charge in [0.2, 0.25) is 0 Å². The third-order valence-corrected chi connectivity index (χ3v) is 3.21. The summed E-state index contributed by atoms with van der Waals surface area (Å²) in [7, 11) is 0. The topological polar surface area (TPSA) is 49.3 Å². The first kappa shape index (κ1) is 12.1. The lowest BCUT2D eigenvalue weighted by Crippen LogP contribution is -2.44. The zero-order valence-electron chi connectivity index (χ0n) is 10.1. The number of aliphatic carboxylic acids is 1. The first-order valence-corrected chi connectivity index (χ1v) is 6.19. The molecule has 1 aliphatic rings. The maximum atomic E-state index is 11.1. The third-order valence-electron chi connectivity index (χ3n) is 3.21. The number of carboxylic acids is 1. The van der Waals surface area contributed by atoms with Gasteiger partial charge in [0.05, 0.1) is 0 Å². The van der Waals surface area contributed by atoms with Crippen molar-refractivity contribution >= 4 is 5.97 Å². The van der Waals surface area contributed by atoms with Gasteiger partial charge in [-0.3, -0.25) is 4.79 Å². The Morgan fingerprint density at radius 1 is 1.41 bits per heavy atom. The number of nitrogens with one attached hydrogen (secondary N) is 1. The van der Waals surface area contributed by atoms with Gasteiger partial charge in [0.15, 0.2) is 0 Å². The van der Waals surface area contributed by atoms with Crippen LogP contribution >= 0.6 is 0 Å². The second-order valence-electron chi connectivity index (χ2n) is 4.91. The summed E-state index contributed by atoms with van der Waals surface area (Å²) >= 11 is 0. The van der Waals surface area contributed by atoms with Crippen LogP contribution in [0.5, 0.6) is 0 Å². The van der Waals surface area contributed by atoms with E-state index in [1.807, 2.05) is 25.1 Å². The highest BCUT2D eigenvalue weighted by atomic mass is 16.4. The Hall–Kier alpha value is -1.35. The molecule has 1 fully saturated rings. The highest BCUT2D eigenvalue weighted by Crippen LogP contribution is 2.33. The molecule has 0 heterocycles. The fourth-order valence-electron chi connectivity index (χ4n) is 2.17. The monoisotopic (exact) mass is 233 g/mol. The first-order chi connectivity index (χ1) is 8.16. The molecule has 0 spiro atoms. The summed E-state index contributed by atoms with van der Waals surface area (Å²) in [5, 5.41) is 12.4. The molecule has 3 heteroatoms. The molecule has 2 rings (SSSR count). The first-order valence-electron chi connectivity index (χ1n) is 6.19. The van der Waals surface area contributed by atoms with Gasteiger partial charge in [-0.2, -0.15) is 0 Å². The number of carboxylic acid groups (broad SMARTS) is 1. The van der Waals surface area contributed by atoms with Crippen LogP contribution in [-0.2, 0) is 11.2 Å². The van der Waals surface area contributed by atoms with Crippen LogP contribution in [0.4, 0.5) is 0 Å². The minimum Gasteiger partial charge on any atom is -0.480 e. The fraction of sp³-hybridized carbons (Fsp3) is 0.500. The van der Waals surface area contributed by atoms with E-state index in [0.29, 0.717) is 5.92 Å². The minimum atomic E-state index is -0.715. The van der Waals surface area contributed by atoms with Crippen LogP contribution in [0.2, 0.25) is 0 Å². The molecular weight excluding hydrogens is 214 g/mol. The highest BCUT2D eigenvalue weighted by Gasteiger charge is 2.36. The van der Waals surface area contributed by atoms with Crippen LogP contribution in [0.3, 0.4) is 0 Å². The van der Waals surface area contributed by atoms with Gasteiger partial charge in [0.25, 0.3) is 0 Å². The fourth-order valence-corrected chi connectivity index (χ4v) is 2.17. The van der Waals surface area contributed by atoms with Gasteiger partial charge in [-0.25, -0.2) is 0 Å². The molecule has 1 aromatic carbocycles. The lowest BCUT2D eigenvalue weighted by molar-refractivity contribution is -0.140. The van der Waals surface area contributed by atoms with E-state index >= 15 is 0 Å². The maximum absolute atomic E-state index is 11.1. The molecule has 2 atom stereocenters. The molecule has 92 valence electrons. The van der Waals surface area contributed by atoms with Gasteiger partial charge in [-0.1, -0.05) is 30.3 Å². The van der Waals surface area contributed by atoms with E-state index in [0.717, 1.165) is 19.3 Å². The van der Waals surface area contributed by atoms with Gasteiger partial charge >= 0.3 is 5.97 Å². The molecule has 3 nitrogen and oxygen atoms in total. The number of rotatable bonds is 6. The van der Waals surface area contributed by atoms with Crippen molar-refractivity contribution in [3.63, 3.8) is 0 Å². The zero-order valence-corrected chi connectivity index (χ0v) is 10.1. The summed E-state index contributed by atoms with van der Waals surface area (Å²) in [6.45, 7) is 2.05. The van der Waals surface area contributed by atoms with E-state index in [2.05, 4.69) is 17.4 Å². The van der Waals surface area contributed by atoms with Crippen molar-refractivity contribution in [2.45, 2.75) is 38.3 Å². The van der Waals surface area contributed by atoms with Crippen LogP contribution in [0.1, 0.15) is 25.3 Å². The molecule has 0 saturated heterocycles. The van der Waals surface area contributed by atoms with Crippen LogP contribution in [-0.4, -0.2) is 23.2 Å². The molecule has 0 bridgehead atoms. The van der Waals surface area contributed by atoms with E-state index in [-0.39, 0.29) is 12.1 Å². The van der Waals surface area contributed by atoms with E-state index < -0.39 is 5.97 Å². The number of benzene rings is 1. The molecule has 17 heavy (non-hydrogen) atoms. The van der Waals surface area contributed by atoms with Crippen molar-refractivity contribution < 1.29 is 9.90 Å². The maximum Gasteiger partial charge on any atom is 0.320 e. The molecule has 2 N–H and O–H groups in total. The lowest BCUT2D eigenvalue weighted by atomic mass is 10.1. The zero-order chi connectivity index (χ0) is 12.3. The Labute approximate surface area is 102 Å². The second-order valence-corrected chi connectivity index (χ2v) is 4.91. The Balaban J connectivity index is 1.87. The molecule has 0 aromatic heterocycles. The van der Waals surface area contributed by atoms with Crippen LogP contribution < -0.4 is 5.32 Å². The summed E-state index contributed by atoms with van der Waals surface area (Å²) in [6.07, 6.45) is 2.96. The SMILES string of the molecule is CC(Cc1ccccc1)NC(C(=O)O)C1CC1. The number of hydrogen-bond donors (Lipinski definition) is 2. The Morgan fingerprint density at radius 2 is 2.06 bits per heavy atom. The quantitative estimate of drug-likeness (QED) is 0.790. The molecule has 2 unspecified atom stereocenters. The van der Waals surface area contributed by atoms with Crippen LogP contribution in [0.15, 0.2) is 30.3 Å². The van der Waals surface area contributed by atoms with Gasteiger partial charge in [-0.15, -0.1) is 0 Å². The number of hydrogen-bond acceptors (Lipinski definition) is 2. The standard InChI is InChI=1S/C14H19NO2/c1-10(9-11-5-3-2-4-6-11)15-13(14(16)17)12-7-8-12/h2-6,10,12-13,15H,7-9H2,1H3,(H,16,17). The van der Waals surface area contributed by atoms with Crippen molar-refractivity contribution in [2.24, 2.45) is 5.92 Å². The van der Waals surface area contributed by atoms with Crippen LogP contribution in [0.25, 0.3) is 0 Å². The minimum absolute atomic E-state index is 0.194. The van der Waals surface area contributed by atoms with Crippen molar-refractivity contribution in [3.8, 4) is 0 Å². The van der Waals surface area contributed by atoms with E-state index in [1.54, 1.807) is 0 Å². The molecule has 0 radical (unpaired) electrons. The second kappa shape index (κ2) is 5.32. The summed E-state index contributed by atoms with van der Waals surface area (Å²) in [5.41, 5.74) is 1.24. The molecule has 0 amide bonds. The average Bonchev–Trinajstić information content (AvgIpc) is 3.11. The summed E-state index contributed by atoms with van der Waals surface area (Å²) in [5.74, 6) is -0.377. The normalized spacial score (nSPS) is 18.6. The largest absolute Gasteiger partial charge is 0.480 e. The molecule has 1 aromatic rings. The number of carbonyl (C=O) groups is 1. The van der Waals surface area contributed by atoms with Crippen molar-refractivity contribution in [1.29, 1.82) is 0 Å². The van der Waals surface area contributed by atoms with Crippen molar-refractivity contribution in [1.82, 2.24) is 5.32 Å². The van der Waals surface area contributed by atoms with Crippen LogP contribution in [0, 0.1) is 5.92 Å².